The van der Waals surface area contributed by atoms with Gasteiger partial charge in [0, 0.05) is 23.9 Å². The summed E-state index contributed by atoms with van der Waals surface area (Å²) in [6.45, 7) is 1.75. The number of nitrogens with zero attached hydrogens (tertiary/aromatic N) is 1. The van der Waals surface area contributed by atoms with Crippen LogP contribution >= 0.6 is 0 Å². The van der Waals surface area contributed by atoms with Gasteiger partial charge in [0.2, 0.25) is 5.91 Å². The van der Waals surface area contributed by atoms with Crippen molar-refractivity contribution in [3.8, 4) is 0 Å². The molecule has 1 aromatic rings. The van der Waals surface area contributed by atoms with Crippen LogP contribution in [0.4, 0.5) is 11.4 Å². The zero-order chi connectivity index (χ0) is 15.4. The van der Waals surface area contributed by atoms with E-state index in [1.807, 2.05) is 0 Å². The summed E-state index contributed by atoms with van der Waals surface area (Å²) in [6, 6.07) is 4.33. The summed E-state index contributed by atoms with van der Waals surface area (Å²) in [5, 5.41) is 13.6. The molecular weight excluding hydrogens is 270 g/mol. The number of nitro benzene ring substituents is 1. The lowest BCUT2D eigenvalue weighted by Crippen LogP contribution is -2.37. The highest BCUT2D eigenvalue weighted by molar-refractivity contribution is 5.93. The van der Waals surface area contributed by atoms with Gasteiger partial charge in [0.15, 0.2) is 0 Å². The average molecular weight is 291 g/mol. The van der Waals surface area contributed by atoms with Gasteiger partial charge in [-0.25, -0.2) is 0 Å². The quantitative estimate of drug-likeness (QED) is 0.508. The topological polar surface area (TPSA) is 98.3 Å². The number of hydrogen-bond acceptors (Lipinski definition) is 4. The molecule has 21 heavy (non-hydrogen) atoms. The Hall–Kier alpha value is -1.95. The normalized spacial score (nSPS) is 22.4. The molecule has 0 aromatic heterocycles. The van der Waals surface area contributed by atoms with Crippen LogP contribution in [0.2, 0.25) is 0 Å². The third-order valence-corrected chi connectivity index (χ3v) is 4.08. The molecule has 0 saturated heterocycles. The van der Waals surface area contributed by atoms with E-state index in [0.29, 0.717) is 11.3 Å². The number of nitrogens with two attached hydrogens (primary N) is 1. The fourth-order valence-electron chi connectivity index (χ4n) is 2.79. The van der Waals surface area contributed by atoms with Crippen LogP contribution in [-0.2, 0) is 4.79 Å². The maximum atomic E-state index is 12.4. The van der Waals surface area contributed by atoms with Crippen molar-refractivity contribution in [2.75, 3.05) is 5.32 Å². The van der Waals surface area contributed by atoms with Crippen LogP contribution in [-0.4, -0.2) is 16.9 Å². The predicted octanol–water partition coefficient (Wildman–Crippen LogP) is 2.75. The number of benzene rings is 1. The molecule has 0 radical (unpaired) electrons. The lowest BCUT2D eigenvalue weighted by Gasteiger charge is -2.21. The molecule has 0 spiro atoms. The first kappa shape index (κ1) is 15.4. The second-order valence-corrected chi connectivity index (χ2v) is 5.65. The number of anilines is 1. The Labute approximate surface area is 123 Å². The van der Waals surface area contributed by atoms with Crippen LogP contribution in [0.15, 0.2) is 18.2 Å². The van der Waals surface area contributed by atoms with Crippen LogP contribution in [0, 0.1) is 23.0 Å². The van der Waals surface area contributed by atoms with Gasteiger partial charge in [-0.3, -0.25) is 14.9 Å². The van der Waals surface area contributed by atoms with E-state index in [1.165, 1.54) is 12.1 Å². The van der Waals surface area contributed by atoms with E-state index in [-0.39, 0.29) is 23.6 Å². The van der Waals surface area contributed by atoms with Gasteiger partial charge in [-0.05, 0) is 31.4 Å². The van der Waals surface area contributed by atoms with E-state index in [2.05, 4.69) is 5.32 Å². The molecule has 1 aliphatic carbocycles. The van der Waals surface area contributed by atoms with Gasteiger partial charge in [-0.2, -0.15) is 0 Å². The zero-order valence-corrected chi connectivity index (χ0v) is 12.2. The smallest absolute Gasteiger partial charge is 0.269 e. The molecule has 114 valence electrons. The van der Waals surface area contributed by atoms with E-state index in [0.717, 1.165) is 32.1 Å². The number of nitrogens with one attached hydrogen (secondary N) is 1. The molecule has 1 aromatic carbocycles. The molecule has 1 saturated carbocycles. The number of hydrogen-bond donors (Lipinski definition) is 2. The molecule has 3 N–H and O–H groups in total. The zero-order valence-electron chi connectivity index (χ0n) is 12.2. The fraction of sp³-hybridized carbons (Fsp3) is 0.533. The minimum absolute atomic E-state index is 0.0247. The summed E-state index contributed by atoms with van der Waals surface area (Å²) in [7, 11) is 0. The van der Waals surface area contributed by atoms with Gasteiger partial charge in [-0.15, -0.1) is 0 Å². The van der Waals surface area contributed by atoms with E-state index in [1.54, 1.807) is 13.0 Å². The Kier molecular flexibility index (Phi) is 4.90. The molecule has 2 unspecified atom stereocenters. The van der Waals surface area contributed by atoms with Crippen molar-refractivity contribution in [2.45, 2.75) is 45.1 Å². The van der Waals surface area contributed by atoms with Crippen LogP contribution in [0.5, 0.6) is 0 Å². The summed E-state index contributed by atoms with van der Waals surface area (Å²) in [5.74, 6) is -0.261. The Morgan fingerprint density at radius 3 is 2.71 bits per heavy atom. The van der Waals surface area contributed by atoms with Gasteiger partial charge < -0.3 is 11.1 Å². The number of amides is 1. The molecule has 6 heteroatoms. The molecule has 1 aliphatic rings. The monoisotopic (exact) mass is 291 g/mol. The first-order valence-corrected chi connectivity index (χ1v) is 7.30. The lowest BCUT2D eigenvalue weighted by molar-refractivity contribution is -0.384. The first-order valence-electron chi connectivity index (χ1n) is 7.30. The van der Waals surface area contributed by atoms with E-state index >= 15 is 0 Å². The fourth-order valence-corrected chi connectivity index (χ4v) is 2.79. The van der Waals surface area contributed by atoms with Crippen molar-refractivity contribution in [3.63, 3.8) is 0 Å². The van der Waals surface area contributed by atoms with Crippen molar-refractivity contribution >= 4 is 17.3 Å². The Balaban J connectivity index is 2.10. The predicted molar refractivity (Wildman–Crippen MR) is 81.0 cm³/mol. The summed E-state index contributed by atoms with van der Waals surface area (Å²) >= 11 is 0. The minimum atomic E-state index is -0.445. The van der Waals surface area contributed by atoms with Crippen molar-refractivity contribution in [1.29, 1.82) is 0 Å². The Bertz CT molecular complexity index is 545. The molecule has 2 rings (SSSR count). The van der Waals surface area contributed by atoms with Gasteiger partial charge in [0.05, 0.1) is 10.8 Å². The number of carbonyl (C=O) groups is 1. The number of non-ortho nitro benzene ring substituents is 1. The number of rotatable bonds is 3. The van der Waals surface area contributed by atoms with E-state index < -0.39 is 4.92 Å². The van der Waals surface area contributed by atoms with Gasteiger partial charge in [-0.1, -0.05) is 19.3 Å². The third-order valence-electron chi connectivity index (χ3n) is 4.08. The van der Waals surface area contributed by atoms with Gasteiger partial charge in [0.1, 0.15) is 0 Å². The minimum Gasteiger partial charge on any atom is -0.327 e. The second-order valence-electron chi connectivity index (χ2n) is 5.65. The Morgan fingerprint density at radius 1 is 1.33 bits per heavy atom. The van der Waals surface area contributed by atoms with Crippen LogP contribution in [0.25, 0.3) is 0 Å². The molecule has 1 amide bonds. The Morgan fingerprint density at radius 2 is 2.05 bits per heavy atom. The summed E-state index contributed by atoms with van der Waals surface area (Å²) in [6.07, 6.45) is 4.89. The van der Waals surface area contributed by atoms with Crippen LogP contribution in [0.1, 0.15) is 37.7 Å². The largest absolute Gasteiger partial charge is 0.327 e. The highest BCUT2D eigenvalue weighted by Crippen LogP contribution is 2.26. The van der Waals surface area contributed by atoms with Crippen LogP contribution in [0.3, 0.4) is 0 Å². The molecule has 2 atom stereocenters. The highest BCUT2D eigenvalue weighted by Gasteiger charge is 2.27. The molecular formula is C15H21N3O3. The van der Waals surface area contributed by atoms with Crippen LogP contribution < -0.4 is 11.1 Å². The maximum Gasteiger partial charge on any atom is 0.269 e. The van der Waals surface area contributed by atoms with E-state index in [4.69, 9.17) is 5.73 Å². The summed E-state index contributed by atoms with van der Waals surface area (Å²) in [4.78, 5) is 22.6. The second kappa shape index (κ2) is 6.67. The SMILES string of the molecule is Cc1cc([N+](=O)[O-])ccc1NC(=O)C1CCCCCC1N. The van der Waals surface area contributed by atoms with Gasteiger partial charge >= 0.3 is 0 Å². The highest BCUT2D eigenvalue weighted by atomic mass is 16.6. The number of nitro groups is 1. The lowest BCUT2D eigenvalue weighted by atomic mass is 9.94. The first-order chi connectivity index (χ1) is 9.99. The summed E-state index contributed by atoms with van der Waals surface area (Å²) in [5.41, 5.74) is 7.40. The third kappa shape index (κ3) is 3.78. The molecule has 0 bridgehead atoms. The van der Waals surface area contributed by atoms with Crippen molar-refractivity contribution < 1.29 is 9.72 Å². The van der Waals surface area contributed by atoms with E-state index in [9.17, 15) is 14.9 Å². The summed E-state index contributed by atoms with van der Waals surface area (Å²) < 4.78 is 0. The molecule has 6 nitrogen and oxygen atoms in total. The number of aryl methyl sites for hydroxylation is 1. The average Bonchev–Trinajstić information content (AvgIpc) is 2.65. The number of carbonyl (C=O) groups excluding carboxylic acids is 1. The molecule has 0 aliphatic heterocycles. The van der Waals surface area contributed by atoms with Crippen molar-refractivity contribution in [3.05, 3.63) is 33.9 Å². The van der Waals surface area contributed by atoms with Gasteiger partial charge in [0.25, 0.3) is 5.69 Å². The van der Waals surface area contributed by atoms with Crippen molar-refractivity contribution in [1.82, 2.24) is 0 Å². The van der Waals surface area contributed by atoms with Crippen molar-refractivity contribution in [2.24, 2.45) is 11.7 Å². The molecule has 0 heterocycles. The molecule has 1 fully saturated rings. The standard InChI is InChI=1S/C15H21N3O3/c1-10-9-11(18(20)21)7-8-14(10)17-15(19)12-5-3-2-4-6-13(12)16/h7-9,12-13H,2-6,16H2,1H3,(H,17,19). The maximum absolute atomic E-state index is 12.4.